The molecule has 1 N–H and O–H groups in total. The number of carbonyl (C=O) groups excluding carboxylic acids is 2. The Balaban J connectivity index is 1.47. The molecule has 2 aliphatic carbocycles. The van der Waals surface area contributed by atoms with E-state index in [2.05, 4.69) is 22.3 Å². The molecule has 0 aromatic heterocycles. The van der Waals surface area contributed by atoms with Crippen molar-refractivity contribution in [1.82, 2.24) is 10.2 Å². The Labute approximate surface area is 191 Å². The lowest BCUT2D eigenvalue weighted by Gasteiger charge is -2.54. The van der Waals surface area contributed by atoms with E-state index in [4.69, 9.17) is 0 Å². The number of nitrogens with one attached hydrogen (secondary N) is 1. The zero-order valence-electron chi connectivity index (χ0n) is 18.9. The van der Waals surface area contributed by atoms with E-state index < -0.39 is 0 Å². The number of hydrogen-bond donors (Lipinski definition) is 1. The van der Waals surface area contributed by atoms with Crippen LogP contribution < -0.4 is 5.32 Å². The minimum Gasteiger partial charge on any atom is -0.355 e. The Bertz CT molecular complexity index is 958. The highest BCUT2D eigenvalue weighted by molar-refractivity contribution is 6.02. The minimum atomic E-state index is -0.371. The van der Waals surface area contributed by atoms with Crippen molar-refractivity contribution in [1.29, 1.82) is 0 Å². The van der Waals surface area contributed by atoms with Gasteiger partial charge in [0.1, 0.15) is 0 Å². The summed E-state index contributed by atoms with van der Waals surface area (Å²) in [5, 5.41) is 3.25. The lowest BCUT2D eigenvalue weighted by atomic mass is 9.69. The van der Waals surface area contributed by atoms with Crippen molar-refractivity contribution in [2.75, 3.05) is 6.54 Å². The van der Waals surface area contributed by atoms with Crippen LogP contribution in [-0.4, -0.2) is 34.8 Å². The Morgan fingerprint density at radius 3 is 2.34 bits per heavy atom. The molecule has 1 heterocycles. The van der Waals surface area contributed by atoms with Crippen molar-refractivity contribution in [2.24, 2.45) is 0 Å². The average molecular weight is 431 g/mol. The van der Waals surface area contributed by atoms with Gasteiger partial charge in [-0.2, -0.15) is 0 Å². The molecule has 0 radical (unpaired) electrons. The second kappa shape index (κ2) is 9.09. The summed E-state index contributed by atoms with van der Waals surface area (Å²) < 4.78 is 0. The van der Waals surface area contributed by atoms with Crippen LogP contribution in [-0.2, 0) is 11.2 Å². The number of benzene rings is 2. The highest BCUT2D eigenvalue weighted by Crippen LogP contribution is 2.52. The van der Waals surface area contributed by atoms with Gasteiger partial charge in [-0.25, -0.2) is 0 Å². The lowest BCUT2D eigenvalue weighted by Crippen LogP contribution is -2.63. The highest BCUT2D eigenvalue weighted by Gasteiger charge is 2.57. The molecule has 1 atom stereocenters. The SMILES string of the molecule is O=C(NCCc1ccccc1)[C@H]1c2ccccc2C(=O)N(C2CCCCC2)C12CCCC2. The zero-order valence-corrected chi connectivity index (χ0v) is 18.9. The van der Waals surface area contributed by atoms with Crippen LogP contribution in [0.5, 0.6) is 0 Å². The molecule has 2 fully saturated rings. The molecule has 5 rings (SSSR count). The third kappa shape index (κ3) is 3.74. The Kier molecular flexibility index (Phi) is 6.03. The molecule has 1 aliphatic heterocycles. The monoisotopic (exact) mass is 430 g/mol. The lowest BCUT2D eigenvalue weighted by molar-refractivity contribution is -0.127. The first-order valence-electron chi connectivity index (χ1n) is 12.4. The Morgan fingerprint density at radius 1 is 0.906 bits per heavy atom. The van der Waals surface area contributed by atoms with Gasteiger partial charge in [-0.1, -0.05) is 80.6 Å². The van der Waals surface area contributed by atoms with Crippen LogP contribution in [0, 0.1) is 0 Å². The second-order valence-electron chi connectivity index (χ2n) is 9.82. The summed E-state index contributed by atoms with van der Waals surface area (Å²) in [5.74, 6) is -0.0390. The summed E-state index contributed by atoms with van der Waals surface area (Å²) in [7, 11) is 0. The van der Waals surface area contributed by atoms with Gasteiger partial charge in [0.15, 0.2) is 0 Å². The molecule has 2 saturated carbocycles. The Morgan fingerprint density at radius 2 is 1.59 bits per heavy atom. The van der Waals surface area contributed by atoms with Gasteiger partial charge in [0.25, 0.3) is 5.91 Å². The maximum atomic E-state index is 13.8. The fourth-order valence-corrected chi connectivity index (χ4v) is 6.55. The van der Waals surface area contributed by atoms with Gasteiger partial charge in [0.2, 0.25) is 5.91 Å². The fourth-order valence-electron chi connectivity index (χ4n) is 6.55. The topological polar surface area (TPSA) is 49.4 Å². The smallest absolute Gasteiger partial charge is 0.254 e. The fraction of sp³-hybridized carbons (Fsp3) is 0.500. The Hall–Kier alpha value is -2.62. The first-order chi connectivity index (χ1) is 15.7. The van der Waals surface area contributed by atoms with Crippen molar-refractivity contribution in [3.63, 3.8) is 0 Å². The van der Waals surface area contributed by atoms with Crippen LogP contribution >= 0.6 is 0 Å². The van der Waals surface area contributed by atoms with Crippen LogP contribution in [0.25, 0.3) is 0 Å². The summed E-state index contributed by atoms with van der Waals surface area (Å²) in [6, 6.07) is 18.4. The third-order valence-electron chi connectivity index (χ3n) is 7.97. The number of hydrogen-bond acceptors (Lipinski definition) is 2. The number of rotatable bonds is 5. The molecule has 3 aliphatic rings. The van der Waals surface area contributed by atoms with Crippen LogP contribution in [0.2, 0.25) is 0 Å². The largest absolute Gasteiger partial charge is 0.355 e. The van der Waals surface area contributed by atoms with Crippen LogP contribution in [0.1, 0.15) is 85.2 Å². The molecule has 1 spiro atoms. The van der Waals surface area contributed by atoms with E-state index in [1.54, 1.807) is 0 Å². The molecular formula is C28H34N2O2. The molecule has 168 valence electrons. The molecular weight excluding hydrogens is 396 g/mol. The van der Waals surface area contributed by atoms with Gasteiger partial charge in [-0.05, 0) is 49.3 Å². The molecule has 2 amide bonds. The number of carbonyl (C=O) groups is 2. The van der Waals surface area contributed by atoms with Crippen molar-refractivity contribution in [3.05, 3.63) is 71.3 Å². The average Bonchev–Trinajstić information content (AvgIpc) is 3.30. The predicted octanol–water partition coefficient (Wildman–Crippen LogP) is 5.23. The molecule has 0 bridgehead atoms. The number of amides is 2. The molecule has 2 aromatic carbocycles. The highest BCUT2D eigenvalue weighted by atomic mass is 16.2. The van der Waals surface area contributed by atoms with E-state index >= 15 is 0 Å². The van der Waals surface area contributed by atoms with E-state index in [0.29, 0.717) is 6.54 Å². The van der Waals surface area contributed by atoms with E-state index in [-0.39, 0.29) is 29.3 Å². The molecule has 4 heteroatoms. The number of fused-ring (bicyclic) bond motifs is 1. The third-order valence-corrected chi connectivity index (χ3v) is 7.97. The summed E-state index contributed by atoms with van der Waals surface area (Å²) >= 11 is 0. The maximum Gasteiger partial charge on any atom is 0.254 e. The van der Waals surface area contributed by atoms with E-state index in [0.717, 1.165) is 56.1 Å². The second-order valence-corrected chi connectivity index (χ2v) is 9.82. The number of nitrogens with zero attached hydrogens (tertiary/aromatic N) is 1. The summed E-state index contributed by atoms with van der Waals surface area (Å²) in [6.45, 7) is 0.620. The van der Waals surface area contributed by atoms with Gasteiger partial charge in [-0.15, -0.1) is 0 Å². The summed E-state index contributed by atoms with van der Waals surface area (Å²) in [6.07, 6.45) is 10.6. The molecule has 0 saturated heterocycles. The molecule has 32 heavy (non-hydrogen) atoms. The van der Waals surface area contributed by atoms with Crippen molar-refractivity contribution < 1.29 is 9.59 Å². The van der Waals surface area contributed by atoms with Gasteiger partial charge in [0, 0.05) is 18.2 Å². The maximum absolute atomic E-state index is 13.8. The predicted molar refractivity (Wildman–Crippen MR) is 127 cm³/mol. The van der Waals surface area contributed by atoms with Gasteiger partial charge >= 0.3 is 0 Å². The normalized spacial score (nSPS) is 22.7. The van der Waals surface area contributed by atoms with Crippen molar-refractivity contribution in [2.45, 2.75) is 81.7 Å². The first-order valence-corrected chi connectivity index (χ1v) is 12.4. The van der Waals surface area contributed by atoms with Gasteiger partial charge < -0.3 is 10.2 Å². The molecule has 0 unspecified atom stereocenters. The van der Waals surface area contributed by atoms with Crippen molar-refractivity contribution >= 4 is 11.8 Å². The van der Waals surface area contributed by atoms with Gasteiger partial charge in [-0.3, -0.25) is 9.59 Å². The van der Waals surface area contributed by atoms with E-state index in [1.165, 1.54) is 24.8 Å². The van der Waals surface area contributed by atoms with E-state index in [9.17, 15) is 9.59 Å². The van der Waals surface area contributed by atoms with Crippen LogP contribution in [0.3, 0.4) is 0 Å². The van der Waals surface area contributed by atoms with E-state index in [1.807, 2.05) is 42.5 Å². The van der Waals surface area contributed by atoms with Crippen LogP contribution in [0.15, 0.2) is 54.6 Å². The molecule has 4 nitrogen and oxygen atoms in total. The quantitative estimate of drug-likeness (QED) is 0.706. The van der Waals surface area contributed by atoms with Gasteiger partial charge in [0.05, 0.1) is 11.5 Å². The van der Waals surface area contributed by atoms with Crippen LogP contribution in [0.4, 0.5) is 0 Å². The standard InChI is InChI=1S/C28H34N2O2/c31-26(29-20-17-21-11-3-1-4-12-21)25-23-15-7-8-16-24(23)27(32)30(22-13-5-2-6-14-22)28(25)18-9-10-19-28/h1,3-4,7-8,11-12,15-16,22,25H,2,5-6,9-10,13-14,17-20H2,(H,29,31)/t25-/m1/s1. The minimum absolute atomic E-state index is 0.0867. The summed E-state index contributed by atoms with van der Waals surface area (Å²) in [5.41, 5.74) is 2.53. The zero-order chi connectivity index (χ0) is 22.0. The summed E-state index contributed by atoms with van der Waals surface area (Å²) in [4.78, 5) is 29.8. The molecule has 2 aromatic rings. The van der Waals surface area contributed by atoms with Crippen molar-refractivity contribution in [3.8, 4) is 0 Å². The first kappa shape index (κ1) is 21.2.